The maximum Gasteiger partial charge on any atom is 0.123 e. The second kappa shape index (κ2) is 5.71. The Morgan fingerprint density at radius 1 is 0.850 bits per heavy atom. The van der Waals surface area contributed by atoms with Crippen LogP contribution in [0.3, 0.4) is 0 Å². The molecule has 1 aliphatic rings. The van der Waals surface area contributed by atoms with E-state index in [-0.39, 0.29) is 17.6 Å². The Bertz CT molecular complexity index is 580. The van der Waals surface area contributed by atoms with Crippen molar-refractivity contribution < 1.29 is 8.78 Å². The van der Waals surface area contributed by atoms with Crippen LogP contribution in [0.15, 0.2) is 48.5 Å². The molecule has 1 heterocycles. The topological polar surface area (TPSA) is 12.0 Å². The molecule has 1 saturated heterocycles. The molecule has 2 aromatic rings. The lowest BCUT2D eigenvalue weighted by molar-refractivity contribution is 0.402. The first kappa shape index (κ1) is 13.3. The zero-order valence-corrected chi connectivity index (χ0v) is 11.2. The summed E-state index contributed by atoms with van der Waals surface area (Å²) in [7, 11) is 0. The highest BCUT2D eigenvalue weighted by molar-refractivity contribution is 5.30. The summed E-state index contributed by atoms with van der Waals surface area (Å²) in [6.45, 7) is 1.76. The van der Waals surface area contributed by atoms with Crippen LogP contribution >= 0.6 is 0 Å². The van der Waals surface area contributed by atoms with Gasteiger partial charge in [0.1, 0.15) is 11.6 Å². The van der Waals surface area contributed by atoms with Gasteiger partial charge in [0.2, 0.25) is 0 Å². The monoisotopic (exact) mass is 273 g/mol. The van der Waals surface area contributed by atoms with Crippen molar-refractivity contribution in [3.63, 3.8) is 0 Å². The van der Waals surface area contributed by atoms with Crippen molar-refractivity contribution in [3.05, 3.63) is 71.3 Å². The predicted molar refractivity (Wildman–Crippen MR) is 75.8 cm³/mol. The molecule has 0 spiro atoms. The third-order valence-corrected chi connectivity index (χ3v) is 4.06. The average Bonchev–Trinajstić information content (AvgIpc) is 2.48. The summed E-state index contributed by atoms with van der Waals surface area (Å²) in [4.78, 5) is 0. The van der Waals surface area contributed by atoms with E-state index in [0.717, 1.165) is 30.6 Å². The van der Waals surface area contributed by atoms with Crippen LogP contribution in [0.4, 0.5) is 8.78 Å². The zero-order valence-electron chi connectivity index (χ0n) is 11.2. The second-order valence-electron chi connectivity index (χ2n) is 5.31. The van der Waals surface area contributed by atoms with E-state index in [9.17, 15) is 8.78 Å². The van der Waals surface area contributed by atoms with Crippen LogP contribution in [0.1, 0.15) is 29.4 Å². The van der Waals surface area contributed by atoms with Gasteiger partial charge in [0.15, 0.2) is 0 Å². The molecule has 0 aliphatic carbocycles. The van der Waals surface area contributed by atoms with Crippen molar-refractivity contribution in [3.8, 4) is 0 Å². The quantitative estimate of drug-likeness (QED) is 0.877. The fourth-order valence-electron chi connectivity index (χ4n) is 3.05. The Hall–Kier alpha value is -1.74. The molecular weight excluding hydrogens is 256 g/mol. The van der Waals surface area contributed by atoms with Gasteiger partial charge in [-0.05, 0) is 54.3 Å². The van der Waals surface area contributed by atoms with Crippen LogP contribution in [0.5, 0.6) is 0 Å². The SMILES string of the molecule is Fc1ccc(C2CCNCC2c2cccc(F)c2)cc1. The predicted octanol–water partition coefficient (Wildman–Crippen LogP) is 3.83. The molecule has 1 fully saturated rings. The molecule has 3 heteroatoms. The Morgan fingerprint density at radius 3 is 2.40 bits per heavy atom. The van der Waals surface area contributed by atoms with Crippen molar-refractivity contribution in [1.29, 1.82) is 0 Å². The van der Waals surface area contributed by atoms with E-state index < -0.39 is 0 Å². The van der Waals surface area contributed by atoms with Crippen LogP contribution in [0.25, 0.3) is 0 Å². The molecule has 1 aliphatic heterocycles. The smallest absolute Gasteiger partial charge is 0.123 e. The summed E-state index contributed by atoms with van der Waals surface area (Å²) in [6.07, 6.45) is 0.979. The molecule has 2 atom stereocenters. The van der Waals surface area contributed by atoms with Gasteiger partial charge in [0.25, 0.3) is 0 Å². The fraction of sp³-hybridized carbons (Fsp3) is 0.294. The maximum absolute atomic E-state index is 13.4. The number of halogens is 2. The van der Waals surface area contributed by atoms with E-state index in [1.807, 2.05) is 18.2 Å². The molecule has 0 bridgehead atoms. The van der Waals surface area contributed by atoms with Gasteiger partial charge >= 0.3 is 0 Å². The molecule has 0 saturated carbocycles. The first-order valence-electron chi connectivity index (χ1n) is 6.95. The summed E-state index contributed by atoms with van der Waals surface area (Å²) in [6, 6.07) is 13.5. The van der Waals surface area contributed by atoms with Crippen molar-refractivity contribution in [1.82, 2.24) is 5.32 Å². The largest absolute Gasteiger partial charge is 0.316 e. The van der Waals surface area contributed by atoms with Crippen molar-refractivity contribution in [2.75, 3.05) is 13.1 Å². The molecule has 1 nitrogen and oxygen atoms in total. The normalized spacial score (nSPS) is 22.7. The van der Waals surface area contributed by atoms with Gasteiger partial charge in [-0.3, -0.25) is 0 Å². The van der Waals surface area contributed by atoms with Crippen molar-refractivity contribution in [2.45, 2.75) is 18.3 Å². The average molecular weight is 273 g/mol. The highest BCUT2D eigenvalue weighted by Crippen LogP contribution is 2.37. The van der Waals surface area contributed by atoms with Gasteiger partial charge < -0.3 is 5.32 Å². The van der Waals surface area contributed by atoms with E-state index >= 15 is 0 Å². The minimum absolute atomic E-state index is 0.203. The minimum Gasteiger partial charge on any atom is -0.316 e. The van der Waals surface area contributed by atoms with Gasteiger partial charge in [-0.25, -0.2) is 8.78 Å². The molecule has 1 N–H and O–H groups in total. The number of benzene rings is 2. The van der Waals surface area contributed by atoms with Crippen LogP contribution in [0, 0.1) is 11.6 Å². The summed E-state index contributed by atoms with van der Waals surface area (Å²) < 4.78 is 26.5. The third-order valence-electron chi connectivity index (χ3n) is 4.06. The Balaban J connectivity index is 1.93. The van der Waals surface area contributed by atoms with Crippen molar-refractivity contribution in [2.24, 2.45) is 0 Å². The summed E-state index contributed by atoms with van der Waals surface area (Å²) in [5.74, 6) is 0.111. The molecular formula is C17H17F2N. The molecule has 3 rings (SSSR count). The van der Waals surface area contributed by atoms with E-state index in [0.29, 0.717) is 5.92 Å². The molecule has 0 amide bonds. The van der Waals surface area contributed by atoms with Crippen LogP contribution in [-0.2, 0) is 0 Å². The molecule has 2 aromatic carbocycles. The number of nitrogens with one attached hydrogen (secondary N) is 1. The van der Waals surface area contributed by atoms with Gasteiger partial charge in [-0.15, -0.1) is 0 Å². The zero-order chi connectivity index (χ0) is 13.9. The highest BCUT2D eigenvalue weighted by Gasteiger charge is 2.27. The number of piperidine rings is 1. The van der Waals surface area contributed by atoms with E-state index in [1.54, 1.807) is 12.1 Å². The third kappa shape index (κ3) is 2.73. The lowest BCUT2D eigenvalue weighted by atomic mass is 9.77. The van der Waals surface area contributed by atoms with Gasteiger partial charge in [-0.2, -0.15) is 0 Å². The lowest BCUT2D eigenvalue weighted by Gasteiger charge is -2.33. The van der Waals surface area contributed by atoms with Crippen LogP contribution in [-0.4, -0.2) is 13.1 Å². The number of hydrogen-bond acceptors (Lipinski definition) is 1. The number of hydrogen-bond donors (Lipinski definition) is 1. The van der Waals surface area contributed by atoms with Gasteiger partial charge in [0.05, 0.1) is 0 Å². The summed E-state index contributed by atoms with van der Waals surface area (Å²) in [5.41, 5.74) is 2.13. The Labute approximate surface area is 117 Å². The van der Waals surface area contributed by atoms with Crippen molar-refractivity contribution >= 4 is 0 Å². The molecule has 0 radical (unpaired) electrons. The van der Waals surface area contributed by atoms with Crippen LogP contribution < -0.4 is 5.32 Å². The minimum atomic E-state index is -0.218. The standard InChI is InChI=1S/C17H17F2N/c18-14-6-4-12(5-7-14)16-8-9-20-11-17(16)13-2-1-3-15(19)10-13/h1-7,10,16-17,20H,8-9,11H2. The summed E-state index contributed by atoms with van der Waals surface area (Å²) in [5, 5.41) is 3.37. The first-order chi connectivity index (χ1) is 9.74. The second-order valence-corrected chi connectivity index (χ2v) is 5.31. The van der Waals surface area contributed by atoms with Gasteiger partial charge in [0, 0.05) is 12.5 Å². The first-order valence-corrected chi connectivity index (χ1v) is 6.95. The molecule has 0 aromatic heterocycles. The fourth-order valence-corrected chi connectivity index (χ4v) is 3.05. The molecule has 2 unspecified atom stereocenters. The lowest BCUT2D eigenvalue weighted by Crippen LogP contribution is -2.34. The molecule has 20 heavy (non-hydrogen) atoms. The van der Waals surface area contributed by atoms with Crippen LogP contribution in [0.2, 0.25) is 0 Å². The Morgan fingerprint density at radius 2 is 1.65 bits per heavy atom. The Kier molecular flexibility index (Phi) is 3.79. The maximum atomic E-state index is 13.4. The number of rotatable bonds is 2. The van der Waals surface area contributed by atoms with E-state index in [2.05, 4.69) is 5.32 Å². The molecule has 104 valence electrons. The van der Waals surface area contributed by atoms with E-state index in [1.165, 1.54) is 18.2 Å². The highest BCUT2D eigenvalue weighted by atomic mass is 19.1. The summed E-state index contributed by atoms with van der Waals surface area (Å²) >= 11 is 0. The van der Waals surface area contributed by atoms with Gasteiger partial charge in [-0.1, -0.05) is 24.3 Å². The van der Waals surface area contributed by atoms with E-state index in [4.69, 9.17) is 0 Å².